The summed E-state index contributed by atoms with van der Waals surface area (Å²) in [5.74, 6) is -1.71. The summed E-state index contributed by atoms with van der Waals surface area (Å²) < 4.78 is 10.3. The van der Waals surface area contributed by atoms with Crippen molar-refractivity contribution in [2.24, 2.45) is 0 Å². The lowest BCUT2D eigenvalue weighted by atomic mass is 10.1. The highest BCUT2D eigenvalue weighted by atomic mass is 35.5. The van der Waals surface area contributed by atoms with Crippen LogP contribution < -0.4 is 5.32 Å². The van der Waals surface area contributed by atoms with Crippen LogP contribution in [-0.2, 0) is 14.3 Å². The molecule has 2 aromatic rings. The summed E-state index contributed by atoms with van der Waals surface area (Å²) in [5.41, 5.74) is 2.09. The maximum atomic E-state index is 12.4. The fraction of sp³-hybridized carbons (Fsp3) is 0.381. The van der Waals surface area contributed by atoms with Crippen molar-refractivity contribution in [3.05, 3.63) is 57.4 Å². The number of aryl methyl sites for hydroxylation is 1. The van der Waals surface area contributed by atoms with Crippen LogP contribution in [0.5, 0.6) is 0 Å². The van der Waals surface area contributed by atoms with Gasteiger partial charge in [-0.25, -0.2) is 9.59 Å². The Labute approximate surface area is 174 Å². The van der Waals surface area contributed by atoms with Gasteiger partial charge in [0.1, 0.15) is 5.69 Å². The van der Waals surface area contributed by atoms with Crippen molar-refractivity contribution in [1.29, 1.82) is 0 Å². The number of H-pyrrole nitrogens is 1. The molecule has 0 radical (unpaired) electrons. The summed E-state index contributed by atoms with van der Waals surface area (Å²) in [4.78, 5) is 39.6. The molecule has 0 aliphatic rings. The number of halogens is 1. The summed E-state index contributed by atoms with van der Waals surface area (Å²) in [5, 5.41) is 3.27. The molecule has 0 fully saturated rings. The number of esters is 2. The Kier molecular flexibility index (Phi) is 7.45. The lowest BCUT2D eigenvalue weighted by molar-refractivity contribution is -0.124. The second-order valence-corrected chi connectivity index (χ2v) is 7.37. The fourth-order valence-corrected chi connectivity index (χ4v) is 3.22. The Bertz CT molecular complexity index is 920. The highest BCUT2D eigenvalue weighted by molar-refractivity contribution is 6.31. The standard InChI is InChI=1S/C21H25ClN2O5/c1-11(2)29-20(26)18-12(3)19(24-14(18)5)21(27)28-10-17(25)23-13(4)15-8-6-7-9-16(15)22/h6-9,11,13,24H,10H2,1-5H3,(H,23,25)/t13-/m0/s1. The third-order valence-corrected chi connectivity index (χ3v) is 4.62. The van der Waals surface area contributed by atoms with Crippen molar-refractivity contribution in [1.82, 2.24) is 10.3 Å². The third-order valence-electron chi connectivity index (χ3n) is 4.27. The molecule has 156 valence electrons. The molecule has 0 aliphatic heterocycles. The van der Waals surface area contributed by atoms with E-state index in [1.165, 1.54) is 0 Å². The first kappa shape index (κ1) is 22.5. The van der Waals surface area contributed by atoms with Gasteiger partial charge in [-0.15, -0.1) is 0 Å². The molecule has 0 aliphatic carbocycles. The van der Waals surface area contributed by atoms with Crippen molar-refractivity contribution < 1.29 is 23.9 Å². The van der Waals surface area contributed by atoms with Crippen LogP contribution in [0.4, 0.5) is 0 Å². The van der Waals surface area contributed by atoms with E-state index >= 15 is 0 Å². The van der Waals surface area contributed by atoms with E-state index in [0.717, 1.165) is 5.56 Å². The van der Waals surface area contributed by atoms with Crippen LogP contribution in [0.3, 0.4) is 0 Å². The number of aromatic nitrogens is 1. The minimum absolute atomic E-state index is 0.116. The summed E-state index contributed by atoms with van der Waals surface area (Å²) in [7, 11) is 0. The van der Waals surface area contributed by atoms with Gasteiger partial charge in [-0.1, -0.05) is 29.8 Å². The Morgan fingerprint density at radius 1 is 1.10 bits per heavy atom. The third kappa shape index (κ3) is 5.60. The predicted octanol–water partition coefficient (Wildman–Crippen LogP) is 3.88. The van der Waals surface area contributed by atoms with E-state index in [4.69, 9.17) is 21.1 Å². The van der Waals surface area contributed by atoms with Crippen molar-refractivity contribution >= 4 is 29.4 Å². The predicted molar refractivity (Wildman–Crippen MR) is 109 cm³/mol. The number of amides is 1. The van der Waals surface area contributed by atoms with Crippen LogP contribution >= 0.6 is 11.6 Å². The van der Waals surface area contributed by atoms with E-state index in [9.17, 15) is 14.4 Å². The SMILES string of the molecule is Cc1[nH]c(C(=O)OCC(=O)N[C@@H](C)c2ccccc2Cl)c(C)c1C(=O)OC(C)C. The largest absolute Gasteiger partial charge is 0.459 e. The van der Waals surface area contributed by atoms with Crippen LogP contribution in [-0.4, -0.2) is 35.5 Å². The smallest absolute Gasteiger partial charge is 0.355 e. The summed E-state index contributed by atoms with van der Waals surface area (Å²) >= 11 is 6.12. The number of ether oxygens (including phenoxy) is 2. The highest BCUT2D eigenvalue weighted by Gasteiger charge is 2.25. The maximum absolute atomic E-state index is 12.4. The Morgan fingerprint density at radius 2 is 1.76 bits per heavy atom. The highest BCUT2D eigenvalue weighted by Crippen LogP contribution is 2.22. The summed E-state index contributed by atoms with van der Waals surface area (Å²) in [6, 6.07) is 6.82. The first-order valence-corrected chi connectivity index (χ1v) is 9.60. The number of carbonyl (C=O) groups excluding carboxylic acids is 3. The van der Waals surface area contributed by atoms with E-state index in [1.807, 2.05) is 12.1 Å². The monoisotopic (exact) mass is 420 g/mol. The van der Waals surface area contributed by atoms with E-state index in [0.29, 0.717) is 21.8 Å². The second kappa shape index (κ2) is 9.60. The topological polar surface area (TPSA) is 97.5 Å². The first-order valence-electron chi connectivity index (χ1n) is 9.22. The number of hydrogen-bond acceptors (Lipinski definition) is 5. The zero-order valence-electron chi connectivity index (χ0n) is 17.1. The zero-order valence-corrected chi connectivity index (χ0v) is 17.8. The molecule has 0 saturated carbocycles. The van der Waals surface area contributed by atoms with Crippen LogP contribution in [0.25, 0.3) is 0 Å². The molecule has 1 aromatic heterocycles. The van der Waals surface area contributed by atoms with Crippen molar-refractivity contribution in [2.75, 3.05) is 6.61 Å². The van der Waals surface area contributed by atoms with Gasteiger partial charge in [0.15, 0.2) is 6.61 Å². The average molecular weight is 421 g/mol. The lowest BCUT2D eigenvalue weighted by Gasteiger charge is -2.15. The number of nitrogens with one attached hydrogen (secondary N) is 2. The van der Waals surface area contributed by atoms with E-state index in [-0.39, 0.29) is 17.8 Å². The lowest BCUT2D eigenvalue weighted by Crippen LogP contribution is -2.31. The van der Waals surface area contributed by atoms with Crippen LogP contribution in [0.2, 0.25) is 5.02 Å². The van der Waals surface area contributed by atoms with Crippen LogP contribution in [0.1, 0.15) is 64.5 Å². The maximum Gasteiger partial charge on any atom is 0.355 e. The Hall–Kier alpha value is -2.80. The van der Waals surface area contributed by atoms with E-state index < -0.39 is 24.5 Å². The summed E-state index contributed by atoms with van der Waals surface area (Å²) in [6.45, 7) is 8.09. The molecule has 0 saturated heterocycles. The quantitative estimate of drug-likeness (QED) is 0.662. The van der Waals surface area contributed by atoms with Crippen molar-refractivity contribution in [3.63, 3.8) is 0 Å². The second-order valence-electron chi connectivity index (χ2n) is 6.97. The molecule has 2 rings (SSSR count). The molecule has 0 bridgehead atoms. The molecule has 1 atom stereocenters. The molecular weight excluding hydrogens is 396 g/mol. The van der Waals surface area contributed by atoms with Gasteiger partial charge in [-0.3, -0.25) is 4.79 Å². The minimum Gasteiger partial charge on any atom is -0.459 e. The van der Waals surface area contributed by atoms with Gasteiger partial charge in [0.2, 0.25) is 0 Å². The molecule has 8 heteroatoms. The molecule has 0 spiro atoms. The molecular formula is C21H25ClN2O5. The first-order chi connectivity index (χ1) is 13.6. The van der Waals surface area contributed by atoms with E-state index in [2.05, 4.69) is 10.3 Å². The Balaban J connectivity index is 1.99. The van der Waals surface area contributed by atoms with Gasteiger partial charge in [-0.2, -0.15) is 0 Å². The zero-order chi connectivity index (χ0) is 21.7. The van der Waals surface area contributed by atoms with Gasteiger partial charge < -0.3 is 19.8 Å². The van der Waals surface area contributed by atoms with Gasteiger partial charge in [0.25, 0.3) is 5.91 Å². The molecule has 29 heavy (non-hydrogen) atoms. The van der Waals surface area contributed by atoms with Gasteiger partial charge >= 0.3 is 11.9 Å². The van der Waals surface area contributed by atoms with Crippen LogP contribution in [0, 0.1) is 13.8 Å². The summed E-state index contributed by atoms with van der Waals surface area (Å²) in [6.07, 6.45) is -0.282. The molecule has 0 unspecified atom stereocenters. The molecule has 7 nitrogen and oxygen atoms in total. The van der Waals surface area contributed by atoms with Crippen LogP contribution in [0.15, 0.2) is 24.3 Å². The molecule has 2 N–H and O–H groups in total. The van der Waals surface area contributed by atoms with Gasteiger partial charge in [0.05, 0.1) is 17.7 Å². The average Bonchev–Trinajstić information content (AvgIpc) is 2.93. The minimum atomic E-state index is -0.727. The number of benzene rings is 1. The normalized spacial score (nSPS) is 11.8. The van der Waals surface area contributed by atoms with Crippen molar-refractivity contribution in [3.8, 4) is 0 Å². The molecule has 1 amide bonds. The number of hydrogen-bond donors (Lipinski definition) is 2. The molecule has 1 aromatic carbocycles. The Morgan fingerprint density at radius 3 is 2.38 bits per heavy atom. The van der Waals surface area contributed by atoms with Gasteiger partial charge in [-0.05, 0) is 51.8 Å². The number of rotatable bonds is 7. The van der Waals surface area contributed by atoms with Gasteiger partial charge in [0, 0.05) is 10.7 Å². The van der Waals surface area contributed by atoms with Crippen molar-refractivity contribution in [2.45, 2.75) is 46.8 Å². The number of carbonyl (C=O) groups is 3. The van der Waals surface area contributed by atoms with E-state index in [1.54, 1.807) is 46.8 Å². The number of aromatic amines is 1. The fourth-order valence-electron chi connectivity index (χ4n) is 2.92. The molecule has 1 heterocycles.